The number of carbonyl (C=O) groups is 1. The number of H-pyrrole nitrogens is 1. The van der Waals surface area contributed by atoms with Gasteiger partial charge in [0.2, 0.25) is 5.91 Å². The van der Waals surface area contributed by atoms with Crippen molar-refractivity contribution in [3.63, 3.8) is 0 Å². The number of rotatable bonds is 9. The highest BCUT2D eigenvalue weighted by Crippen LogP contribution is 2.23. The summed E-state index contributed by atoms with van der Waals surface area (Å²) >= 11 is 1.32. The molecular weight excluding hydrogens is 376 g/mol. The second-order valence-electron chi connectivity index (χ2n) is 7.11. The van der Waals surface area contributed by atoms with Crippen molar-refractivity contribution in [2.45, 2.75) is 37.4 Å². The number of benzene rings is 1. The molecule has 1 aliphatic rings. The van der Waals surface area contributed by atoms with Gasteiger partial charge in [0.05, 0.1) is 5.75 Å². The summed E-state index contributed by atoms with van der Waals surface area (Å²) in [5, 5.41) is 7.08. The van der Waals surface area contributed by atoms with Crippen molar-refractivity contribution in [2.24, 2.45) is 5.92 Å². The Morgan fingerprint density at radius 1 is 1.29 bits per heavy atom. The molecule has 3 rings (SSSR count). The minimum absolute atomic E-state index is 0.113. The van der Waals surface area contributed by atoms with E-state index in [9.17, 15) is 9.59 Å². The van der Waals surface area contributed by atoms with E-state index in [4.69, 9.17) is 4.74 Å². The Labute approximate surface area is 169 Å². The van der Waals surface area contributed by atoms with Gasteiger partial charge in [-0.2, -0.15) is 0 Å². The van der Waals surface area contributed by atoms with Crippen LogP contribution in [0, 0.1) is 5.92 Å². The lowest BCUT2D eigenvalue weighted by atomic mass is 9.90. The Morgan fingerprint density at radius 3 is 2.75 bits per heavy atom. The van der Waals surface area contributed by atoms with Gasteiger partial charge in [-0.1, -0.05) is 42.1 Å². The molecule has 0 saturated carbocycles. The lowest BCUT2D eigenvalue weighted by Crippen LogP contribution is -2.39. The average Bonchev–Trinajstić information content (AvgIpc) is 3.07. The lowest BCUT2D eigenvalue weighted by Gasteiger charge is -2.32. The Hall–Kier alpha value is -2.06. The van der Waals surface area contributed by atoms with Gasteiger partial charge in [0, 0.05) is 33.4 Å². The highest BCUT2D eigenvalue weighted by molar-refractivity contribution is 7.99. The molecule has 0 bridgehead atoms. The molecule has 1 fully saturated rings. The molecule has 1 aliphatic heterocycles. The van der Waals surface area contributed by atoms with Crippen LogP contribution >= 0.6 is 11.8 Å². The standard InChI is InChI=1S/C20H28N4O3S/c1-27-13-5-10-24-19(26)21-22-20(24)28-15-18(25)23-11-8-17(9-12-23)14-16-6-3-2-4-7-16/h2-4,6-7,17H,5,8-15H2,1H3,(H,21,26). The summed E-state index contributed by atoms with van der Waals surface area (Å²) in [6.45, 7) is 2.72. The summed E-state index contributed by atoms with van der Waals surface area (Å²) < 4.78 is 6.60. The molecule has 1 N–H and O–H groups in total. The average molecular weight is 405 g/mol. The molecule has 0 aliphatic carbocycles. The summed E-state index contributed by atoms with van der Waals surface area (Å²) in [6, 6.07) is 10.5. The predicted molar refractivity (Wildman–Crippen MR) is 110 cm³/mol. The van der Waals surface area contributed by atoms with E-state index >= 15 is 0 Å². The first-order valence-corrected chi connectivity index (χ1v) is 10.7. The van der Waals surface area contributed by atoms with Crippen LogP contribution in [0.4, 0.5) is 0 Å². The van der Waals surface area contributed by atoms with Crippen LogP contribution in [0.2, 0.25) is 0 Å². The molecule has 0 radical (unpaired) electrons. The van der Waals surface area contributed by atoms with Gasteiger partial charge in [0.1, 0.15) is 0 Å². The maximum absolute atomic E-state index is 12.6. The van der Waals surface area contributed by atoms with Crippen LogP contribution in [0.25, 0.3) is 0 Å². The molecule has 1 aromatic carbocycles. The Kier molecular flexibility index (Phi) is 7.73. The fourth-order valence-electron chi connectivity index (χ4n) is 3.53. The molecule has 0 spiro atoms. The van der Waals surface area contributed by atoms with Crippen LogP contribution in [0.1, 0.15) is 24.8 Å². The SMILES string of the molecule is COCCCn1c(SCC(=O)N2CCC(Cc3ccccc3)CC2)n[nH]c1=O. The lowest BCUT2D eigenvalue weighted by molar-refractivity contribution is -0.129. The number of thioether (sulfide) groups is 1. The number of nitrogens with one attached hydrogen (secondary N) is 1. The fraction of sp³-hybridized carbons (Fsp3) is 0.550. The number of hydrogen-bond donors (Lipinski definition) is 1. The molecule has 8 heteroatoms. The van der Waals surface area contributed by atoms with Gasteiger partial charge in [0.15, 0.2) is 5.16 Å². The summed E-state index contributed by atoms with van der Waals surface area (Å²) in [5.74, 6) is 1.05. The molecular formula is C20H28N4O3S. The van der Waals surface area contributed by atoms with Crippen LogP contribution in [0.3, 0.4) is 0 Å². The molecule has 0 atom stereocenters. The summed E-state index contributed by atoms with van der Waals surface area (Å²) in [5.41, 5.74) is 1.13. The van der Waals surface area contributed by atoms with Gasteiger partial charge in [-0.05, 0) is 37.2 Å². The van der Waals surface area contributed by atoms with Crippen molar-refractivity contribution < 1.29 is 9.53 Å². The van der Waals surface area contributed by atoms with Crippen molar-refractivity contribution in [1.29, 1.82) is 0 Å². The highest BCUT2D eigenvalue weighted by Gasteiger charge is 2.23. The second kappa shape index (κ2) is 10.5. The zero-order valence-corrected chi connectivity index (χ0v) is 17.1. The number of likely N-dealkylation sites (tertiary alicyclic amines) is 1. The first kappa shape index (κ1) is 20.7. The monoisotopic (exact) mass is 404 g/mol. The van der Waals surface area contributed by atoms with Crippen LogP contribution in [-0.2, 0) is 22.5 Å². The van der Waals surface area contributed by atoms with Gasteiger partial charge in [-0.25, -0.2) is 9.89 Å². The topological polar surface area (TPSA) is 80.2 Å². The Bertz CT molecular complexity index is 797. The first-order valence-electron chi connectivity index (χ1n) is 9.76. The summed E-state index contributed by atoms with van der Waals surface area (Å²) in [7, 11) is 1.63. The Morgan fingerprint density at radius 2 is 2.04 bits per heavy atom. The van der Waals surface area contributed by atoms with Crippen molar-refractivity contribution in [3.8, 4) is 0 Å². The van der Waals surface area contributed by atoms with E-state index in [1.54, 1.807) is 11.7 Å². The van der Waals surface area contributed by atoms with Crippen molar-refractivity contribution in [2.75, 3.05) is 32.6 Å². The molecule has 152 valence electrons. The largest absolute Gasteiger partial charge is 0.385 e. The fourth-order valence-corrected chi connectivity index (χ4v) is 4.40. The molecule has 2 heterocycles. The second-order valence-corrected chi connectivity index (χ2v) is 8.05. The molecule has 1 amide bonds. The molecule has 1 saturated heterocycles. The Balaban J connectivity index is 1.44. The predicted octanol–water partition coefficient (Wildman–Crippen LogP) is 2.18. The van der Waals surface area contributed by atoms with Gasteiger partial charge >= 0.3 is 5.69 Å². The van der Waals surface area contributed by atoms with E-state index in [2.05, 4.69) is 34.5 Å². The molecule has 1 aromatic heterocycles. The van der Waals surface area contributed by atoms with E-state index in [0.29, 0.717) is 30.0 Å². The molecule has 0 unspecified atom stereocenters. The van der Waals surface area contributed by atoms with E-state index in [0.717, 1.165) is 38.8 Å². The zero-order valence-electron chi connectivity index (χ0n) is 16.3. The maximum Gasteiger partial charge on any atom is 0.343 e. The van der Waals surface area contributed by atoms with Crippen molar-refractivity contribution in [1.82, 2.24) is 19.7 Å². The molecule has 2 aromatic rings. The minimum Gasteiger partial charge on any atom is -0.385 e. The number of hydrogen-bond acceptors (Lipinski definition) is 5. The number of aromatic nitrogens is 3. The summed E-state index contributed by atoms with van der Waals surface area (Å²) in [4.78, 5) is 26.4. The van der Waals surface area contributed by atoms with E-state index in [1.807, 2.05) is 11.0 Å². The zero-order chi connectivity index (χ0) is 19.8. The number of nitrogens with zero attached hydrogens (tertiary/aromatic N) is 3. The minimum atomic E-state index is -0.243. The smallest absolute Gasteiger partial charge is 0.343 e. The third-order valence-corrected chi connectivity index (χ3v) is 6.07. The first-order chi connectivity index (χ1) is 13.7. The van der Waals surface area contributed by atoms with Crippen LogP contribution in [-0.4, -0.2) is 58.1 Å². The third kappa shape index (κ3) is 5.72. The maximum atomic E-state index is 12.6. The number of piperidine rings is 1. The van der Waals surface area contributed by atoms with E-state index in [-0.39, 0.29) is 11.6 Å². The van der Waals surface area contributed by atoms with Gasteiger partial charge < -0.3 is 9.64 Å². The number of ether oxygens (including phenoxy) is 1. The normalized spacial score (nSPS) is 15.1. The number of aromatic amines is 1. The van der Waals surface area contributed by atoms with E-state index < -0.39 is 0 Å². The molecule has 7 nitrogen and oxygen atoms in total. The van der Waals surface area contributed by atoms with Crippen molar-refractivity contribution in [3.05, 3.63) is 46.4 Å². The van der Waals surface area contributed by atoms with Gasteiger partial charge in [-0.15, -0.1) is 5.10 Å². The van der Waals surface area contributed by atoms with Crippen LogP contribution < -0.4 is 5.69 Å². The number of methoxy groups -OCH3 is 1. The van der Waals surface area contributed by atoms with Crippen LogP contribution in [0.15, 0.2) is 40.3 Å². The van der Waals surface area contributed by atoms with E-state index in [1.165, 1.54) is 17.3 Å². The number of carbonyl (C=O) groups excluding carboxylic acids is 1. The van der Waals surface area contributed by atoms with Crippen LogP contribution in [0.5, 0.6) is 0 Å². The van der Waals surface area contributed by atoms with Gasteiger partial charge in [-0.3, -0.25) is 9.36 Å². The summed E-state index contributed by atoms with van der Waals surface area (Å²) in [6.07, 6.45) is 3.88. The number of amides is 1. The van der Waals surface area contributed by atoms with Crippen molar-refractivity contribution >= 4 is 17.7 Å². The highest BCUT2D eigenvalue weighted by atomic mass is 32.2. The quantitative estimate of drug-likeness (QED) is 0.512. The van der Waals surface area contributed by atoms with Gasteiger partial charge in [0.25, 0.3) is 0 Å². The third-order valence-electron chi connectivity index (χ3n) is 5.11. The molecule has 28 heavy (non-hydrogen) atoms.